The molecule has 1 aromatic carbocycles. The summed E-state index contributed by atoms with van der Waals surface area (Å²) in [5, 5.41) is 13.2. The van der Waals surface area contributed by atoms with Gasteiger partial charge in [0.1, 0.15) is 0 Å². The normalized spacial score (nSPS) is 14.9. The fraction of sp³-hybridized carbons (Fsp3) is 0.500. The molecule has 0 saturated heterocycles. The largest absolute Gasteiger partial charge is 0.393 e. The minimum Gasteiger partial charge on any atom is -0.393 e. The van der Waals surface area contributed by atoms with E-state index in [-0.39, 0.29) is 6.10 Å². The fourth-order valence-electron chi connectivity index (χ4n) is 1.38. The molecule has 0 spiro atoms. The van der Waals surface area contributed by atoms with Gasteiger partial charge in [-0.05, 0) is 44.5 Å². The predicted molar refractivity (Wildman–Crippen MR) is 64.2 cm³/mol. The van der Waals surface area contributed by atoms with Gasteiger partial charge in [-0.2, -0.15) is 0 Å². The molecular formula is C12H18ClNO. The number of hydrogen-bond donors (Lipinski definition) is 2. The number of halogens is 1. The van der Waals surface area contributed by atoms with Gasteiger partial charge in [-0.1, -0.05) is 23.7 Å². The third-order valence-corrected chi connectivity index (χ3v) is 2.63. The van der Waals surface area contributed by atoms with E-state index in [0.717, 1.165) is 18.0 Å². The first-order valence-electron chi connectivity index (χ1n) is 5.26. The topological polar surface area (TPSA) is 32.3 Å². The molecule has 0 amide bonds. The summed E-state index contributed by atoms with van der Waals surface area (Å²) < 4.78 is 0. The molecule has 2 atom stereocenters. The minimum atomic E-state index is -0.241. The molecule has 0 fully saturated rings. The summed E-state index contributed by atoms with van der Waals surface area (Å²) in [6.45, 7) is 4.72. The highest BCUT2D eigenvalue weighted by Crippen LogP contribution is 2.15. The van der Waals surface area contributed by atoms with Crippen LogP contribution >= 0.6 is 11.6 Å². The van der Waals surface area contributed by atoms with Crippen LogP contribution in [0.5, 0.6) is 0 Å². The smallest absolute Gasteiger partial charge is 0.0524 e. The van der Waals surface area contributed by atoms with Gasteiger partial charge in [-0.3, -0.25) is 0 Å². The zero-order valence-corrected chi connectivity index (χ0v) is 9.96. The van der Waals surface area contributed by atoms with Crippen molar-refractivity contribution in [3.63, 3.8) is 0 Å². The van der Waals surface area contributed by atoms with Gasteiger partial charge < -0.3 is 10.4 Å². The van der Waals surface area contributed by atoms with Crippen LogP contribution in [0.4, 0.5) is 0 Å². The molecule has 0 radical (unpaired) electrons. The lowest BCUT2D eigenvalue weighted by Crippen LogP contribution is -2.22. The summed E-state index contributed by atoms with van der Waals surface area (Å²) in [6.07, 6.45) is 0.535. The molecule has 0 aromatic heterocycles. The molecule has 0 aliphatic heterocycles. The Morgan fingerprint density at radius 3 is 2.40 bits per heavy atom. The molecule has 2 N–H and O–H groups in total. The van der Waals surface area contributed by atoms with Crippen molar-refractivity contribution in [3.05, 3.63) is 34.9 Å². The van der Waals surface area contributed by atoms with E-state index in [1.54, 1.807) is 6.92 Å². The second-order valence-electron chi connectivity index (χ2n) is 3.87. The molecule has 2 nitrogen and oxygen atoms in total. The second kappa shape index (κ2) is 6.11. The van der Waals surface area contributed by atoms with E-state index in [0.29, 0.717) is 6.04 Å². The van der Waals surface area contributed by atoms with Gasteiger partial charge in [0.05, 0.1) is 6.10 Å². The van der Waals surface area contributed by atoms with Gasteiger partial charge in [0.25, 0.3) is 0 Å². The Morgan fingerprint density at radius 2 is 1.87 bits per heavy atom. The van der Waals surface area contributed by atoms with Gasteiger partial charge in [-0.15, -0.1) is 0 Å². The Morgan fingerprint density at radius 1 is 1.27 bits per heavy atom. The van der Waals surface area contributed by atoms with Crippen molar-refractivity contribution >= 4 is 11.6 Å². The van der Waals surface area contributed by atoms with Gasteiger partial charge in [0.15, 0.2) is 0 Å². The lowest BCUT2D eigenvalue weighted by molar-refractivity contribution is 0.182. The molecule has 0 aliphatic carbocycles. The van der Waals surface area contributed by atoms with Crippen LogP contribution in [0.15, 0.2) is 24.3 Å². The minimum absolute atomic E-state index is 0.241. The third kappa shape index (κ3) is 4.65. The molecule has 0 bridgehead atoms. The van der Waals surface area contributed by atoms with Crippen LogP contribution in [-0.4, -0.2) is 17.8 Å². The van der Waals surface area contributed by atoms with Gasteiger partial charge in [0, 0.05) is 11.1 Å². The number of benzene rings is 1. The van der Waals surface area contributed by atoms with E-state index in [1.807, 2.05) is 24.3 Å². The molecule has 3 heteroatoms. The maximum atomic E-state index is 9.11. The zero-order valence-electron chi connectivity index (χ0n) is 9.20. The van der Waals surface area contributed by atoms with E-state index in [2.05, 4.69) is 12.2 Å². The van der Waals surface area contributed by atoms with Crippen LogP contribution in [0.1, 0.15) is 31.9 Å². The van der Waals surface area contributed by atoms with Crippen molar-refractivity contribution in [3.8, 4) is 0 Å². The number of aliphatic hydroxyl groups is 1. The lowest BCUT2D eigenvalue weighted by Gasteiger charge is -2.14. The quantitative estimate of drug-likeness (QED) is 0.811. The maximum Gasteiger partial charge on any atom is 0.0524 e. The highest BCUT2D eigenvalue weighted by molar-refractivity contribution is 6.30. The summed E-state index contributed by atoms with van der Waals surface area (Å²) >= 11 is 5.81. The molecule has 0 saturated carbocycles. The average Bonchev–Trinajstić information content (AvgIpc) is 2.18. The third-order valence-electron chi connectivity index (χ3n) is 2.38. The zero-order chi connectivity index (χ0) is 11.3. The van der Waals surface area contributed by atoms with Crippen LogP contribution in [-0.2, 0) is 0 Å². The molecule has 0 unspecified atom stereocenters. The van der Waals surface area contributed by atoms with E-state index >= 15 is 0 Å². The predicted octanol–water partition coefficient (Wildman–Crippen LogP) is 2.76. The Balaban J connectivity index is 2.40. The van der Waals surface area contributed by atoms with Crippen LogP contribution in [0.3, 0.4) is 0 Å². The number of rotatable bonds is 5. The Hall–Kier alpha value is -0.570. The fourth-order valence-corrected chi connectivity index (χ4v) is 1.50. The maximum absolute atomic E-state index is 9.11. The second-order valence-corrected chi connectivity index (χ2v) is 4.30. The SMILES string of the molecule is C[C@@H](O)CCN[C@H](C)c1ccc(Cl)cc1. The Bertz CT molecular complexity index is 284. The van der Waals surface area contributed by atoms with Crippen LogP contribution in [0.2, 0.25) is 5.02 Å². The van der Waals surface area contributed by atoms with Crippen molar-refractivity contribution in [2.45, 2.75) is 32.4 Å². The van der Waals surface area contributed by atoms with E-state index in [1.165, 1.54) is 5.56 Å². The number of nitrogens with one attached hydrogen (secondary N) is 1. The summed E-state index contributed by atoms with van der Waals surface area (Å²) in [5.74, 6) is 0. The lowest BCUT2D eigenvalue weighted by atomic mass is 10.1. The molecule has 84 valence electrons. The van der Waals surface area contributed by atoms with E-state index < -0.39 is 0 Å². The van der Waals surface area contributed by atoms with Gasteiger partial charge >= 0.3 is 0 Å². The van der Waals surface area contributed by atoms with E-state index in [9.17, 15) is 0 Å². The first kappa shape index (κ1) is 12.5. The number of hydrogen-bond acceptors (Lipinski definition) is 2. The monoisotopic (exact) mass is 227 g/mol. The van der Waals surface area contributed by atoms with Crippen LogP contribution in [0, 0.1) is 0 Å². The number of aliphatic hydroxyl groups excluding tert-OH is 1. The summed E-state index contributed by atoms with van der Waals surface area (Å²) in [6, 6.07) is 8.11. The first-order chi connectivity index (χ1) is 7.09. The summed E-state index contributed by atoms with van der Waals surface area (Å²) in [4.78, 5) is 0. The Kier molecular flexibility index (Phi) is 5.09. The summed E-state index contributed by atoms with van der Waals surface area (Å²) in [7, 11) is 0. The summed E-state index contributed by atoms with van der Waals surface area (Å²) in [5.41, 5.74) is 1.21. The van der Waals surface area contributed by atoms with E-state index in [4.69, 9.17) is 16.7 Å². The molecular weight excluding hydrogens is 210 g/mol. The molecule has 1 aromatic rings. The highest BCUT2D eigenvalue weighted by Gasteiger charge is 2.04. The van der Waals surface area contributed by atoms with Crippen molar-refractivity contribution in [1.29, 1.82) is 0 Å². The van der Waals surface area contributed by atoms with Crippen molar-refractivity contribution in [2.75, 3.05) is 6.54 Å². The molecule has 0 heterocycles. The van der Waals surface area contributed by atoms with Gasteiger partial charge in [-0.25, -0.2) is 0 Å². The Labute approximate surface area is 96.3 Å². The standard InChI is InChI=1S/C12H18ClNO/c1-9(15)7-8-14-10(2)11-3-5-12(13)6-4-11/h3-6,9-10,14-15H,7-8H2,1-2H3/t9-,10-/m1/s1. The molecule has 15 heavy (non-hydrogen) atoms. The van der Waals surface area contributed by atoms with Gasteiger partial charge in [0.2, 0.25) is 0 Å². The van der Waals surface area contributed by atoms with Crippen molar-refractivity contribution < 1.29 is 5.11 Å². The highest BCUT2D eigenvalue weighted by atomic mass is 35.5. The average molecular weight is 228 g/mol. The van der Waals surface area contributed by atoms with Crippen LogP contribution < -0.4 is 5.32 Å². The van der Waals surface area contributed by atoms with Crippen LogP contribution in [0.25, 0.3) is 0 Å². The first-order valence-corrected chi connectivity index (χ1v) is 5.64. The van der Waals surface area contributed by atoms with Crippen molar-refractivity contribution in [1.82, 2.24) is 5.32 Å². The molecule has 1 rings (SSSR count). The van der Waals surface area contributed by atoms with Crippen molar-refractivity contribution in [2.24, 2.45) is 0 Å². The molecule has 0 aliphatic rings.